The Morgan fingerprint density at radius 3 is 2.42 bits per heavy atom. The first-order chi connectivity index (χ1) is 14.5. The number of hydrazine groups is 1. The van der Waals surface area contributed by atoms with E-state index < -0.39 is 46.9 Å². The highest BCUT2D eigenvalue weighted by Gasteiger charge is 2.36. The van der Waals surface area contributed by atoms with Crippen LogP contribution in [0.15, 0.2) is 0 Å². The Hall–Kier alpha value is -3.00. The minimum atomic E-state index is -1.10. The number of guanidine groups is 1. The predicted molar refractivity (Wildman–Crippen MR) is 110 cm³/mol. The van der Waals surface area contributed by atoms with Gasteiger partial charge < -0.3 is 32.5 Å². The van der Waals surface area contributed by atoms with Crippen LogP contribution >= 0.6 is 0 Å². The van der Waals surface area contributed by atoms with Crippen molar-refractivity contribution in [1.29, 1.82) is 5.41 Å². The van der Waals surface area contributed by atoms with Gasteiger partial charge in [0.15, 0.2) is 16.8 Å². The van der Waals surface area contributed by atoms with Crippen molar-refractivity contribution in [3.05, 3.63) is 10.1 Å². The number of hydrogen-bond donors (Lipinski definition) is 7. The Bertz CT molecular complexity index is 675. The average Bonchev–Trinajstić information content (AvgIpc) is 3.18. The predicted octanol–water partition coefficient (Wildman–Crippen LogP) is -2.13. The van der Waals surface area contributed by atoms with Crippen LogP contribution in [0.3, 0.4) is 0 Å². The molecule has 14 heteroatoms. The minimum absolute atomic E-state index is 0.122. The third-order valence-electron chi connectivity index (χ3n) is 5.12. The van der Waals surface area contributed by atoms with Crippen molar-refractivity contribution < 1.29 is 24.5 Å². The number of carbonyl (C=O) groups is 3. The summed E-state index contributed by atoms with van der Waals surface area (Å²) in [7, 11) is 0. The van der Waals surface area contributed by atoms with Gasteiger partial charge in [-0.3, -0.25) is 15.0 Å². The molecule has 1 unspecified atom stereocenters. The number of carboxylic acid groups (broad SMARTS) is 1. The second-order valence-corrected chi connectivity index (χ2v) is 7.50. The van der Waals surface area contributed by atoms with Gasteiger partial charge in [0.1, 0.15) is 12.1 Å². The highest BCUT2D eigenvalue weighted by atomic mass is 16.7. The van der Waals surface area contributed by atoms with Crippen molar-refractivity contribution in [3.63, 3.8) is 0 Å². The lowest BCUT2D eigenvalue weighted by molar-refractivity contribution is -0.548. The van der Waals surface area contributed by atoms with Crippen LogP contribution in [0.1, 0.15) is 44.9 Å². The van der Waals surface area contributed by atoms with Gasteiger partial charge in [0, 0.05) is 13.1 Å². The van der Waals surface area contributed by atoms with Crippen molar-refractivity contribution in [2.45, 2.75) is 69.1 Å². The Kier molecular flexibility index (Phi) is 10.6. The fourth-order valence-corrected chi connectivity index (χ4v) is 3.51. The summed E-state index contributed by atoms with van der Waals surface area (Å²) in [6.45, 7) is 0.618. The third kappa shape index (κ3) is 8.72. The number of Topliss-reactive ketones (excluding diaryl/α,β-unsaturated/α-hetero) is 1. The molecule has 0 radical (unpaired) electrons. The Morgan fingerprint density at radius 1 is 1.19 bits per heavy atom. The number of amides is 1. The molecule has 0 spiro atoms. The molecule has 0 bridgehead atoms. The van der Waals surface area contributed by atoms with Crippen molar-refractivity contribution >= 4 is 23.6 Å². The Morgan fingerprint density at radius 2 is 1.84 bits per heavy atom. The number of likely N-dealkylation sites (tertiary alicyclic amines) is 1. The smallest absolute Gasteiger partial charge is 0.326 e. The lowest BCUT2D eigenvalue weighted by Crippen LogP contribution is -2.49. The van der Waals surface area contributed by atoms with Crippen LogP contribution in [0.2, 0.25) is 0 Å². The molecule has 0 aromatic heterocycles. The number of ketones is 1. The molecule has 10 N–H and O–H groups in total. The van der Waals surface area contributed by atoms with Crippen LogP contribution in [0, 0.1) is 15.5 Å². The van der Waals surface area contributed by atoms with E-state index >= 15 is 0 Å². The molecule has 0 saturated carbocycles. The molecule has 1 fully saturated rings. The van der Waals surface area contributed by atoms with Crippen LogP contribution in [-0.4, -0.2) is 75.9 Å². The van der Waals surface area contributed by atoms with Gasteiger partial charge in [-0.25, -0.2) is 14.9 Å². The van der Waals surface area contributed by atoms with E-state index in [0.29, 0.717) is 32.2 Å². The standard InChI is InChI=1S/C17H32N8O6/c18-10(14(26)12(23-25(30)31)6-2-8-22-17(20)21)4-1-5-11(19)15(27)24-9-3-7-13(24)16(28)29/h10-13,23H,1-9,18-19H2,(H,28,29)(H4,20,21,22)/t10?,11-,12-,13-/m0/s1. The Labute approximate surface area is 179 Å². The third-order valence-corrected chi connectivity index (χ3v) is 5.12. The topological polar surface area (TPSA) is 244 Å². The lowest BCUT2D eigenvalue weighted by atomic mass is 9.96. The highest BCUT2D eigenvalue weighted by Crippen LogP contribution is 2.19. The fourth-order valence-electron chi connectivity index (χ4n) is 3.51. The first-order valence-corrected chi connectivity index (χ1v) is 10.1. The number of rotatable bonds is 14. The van der Waals surface area contributed by atoms with Gasteiger partial charge in [0.05, 0.1) is 12.1 Å². The minimum Gasteiger partial charge on any atom is -0.480 e. The largest absolute Gasteiger partial charge is 0.480 e. The molecule has 31 heavy (non-hydrogen) atoms. The van der Waals surface area contributed by atoms with Gasteiger partial charge in [0.25, 0.3) is 0 Å². The van der Waals surface area contributed by atoms with Gasteiger partial charge in [-0.05, 0) is 44.9 Å². The molecule has 0 aromatic carbocycles. The van der Waals surface area contributed by atoms with Gasteiger partial charge in [-0.2, -0.15) is 0 Å². The van der Waals surface area contributed by atoms with Gasteiger partial charge in [0.2, 0.25) is 5.91 Å². The molecule has 1 aliphatic rings. The van der Waals surface area contributed by atoms with Gasteiger partial charge >= 0.3 is 5.97 Å². The number of nitrogens with one attached hydrogen (secondary N) is 3. The quantitative estimate of drug-likeness (QED) is 0.0501. The number of aliphatic carboxylic acids is 1. The van der Waals surface area contributed by atoms with E-state index in [9.17, 15) is 29.6 Å². The molecule has 4 atom stereocenters. The van der Waals surface area contributed by atoms with E-state index in [1.54, 1.807) is 0 Å². The normalized spacial score (nSPS) is 18.6. The zero-order chi connectivity index (χ0) is 23.6. The van der Waals surface area contributed by atoms with Gasteiger partial charge in [-0.1, -0.05) is 0 Å². The average molecular weight is 444 g/mol. The van der Waals surface area contributed by atoms with Gasteiger partial charge in [-0.15, -0.1) is 5.43 Å². The molecule has 14 nitrogen and oxygen atoms in total. The lowest BCUT2D eigenvalue weighted by Gasteiger charge is -2.25. The molecule has 0 aliphatic carbocycles. The van der Waals surface area contributed by atoms with E-state index in [-0.39, 0.29) is 31.8 Å². The Balaban J connectivity index is 2.50. The van der Waals surface area contributed by atoms with Crippen LogP contribution in [-0.2, 0) is 14.4 Å². The molecule has 1 amide bonds. The first kappa shape index (κ1) is 26.0. The zero-order valence-electron chi connectivity index (χ0n) is 17.3. The number of carbonyl (C=O) groups excluding carboxylic acids is 2. The molecular formula is C17H32N8O6. The maximum absolute atomic E-state index is 12.5. The maximum atomic E-state index is 12.5. The van der Waals surface area contributed by atoms with Crippen LogP contribution in [0.5, 0.6) is 0 Å². The summed E-state index contributed by atoms with van der Waals surface area (Å²) in [6.07, 6.45) is 2.16. The number of nitrogens with zero attached hydrogens (tertiary/aromatic N) is 2. The summed E-state index contributed by atoms with van der Waals surface area (Å²) < 4.78 is 0. The van der Waals surface area contributed by atoms with E-state index in [2.05, 4.69) is 5.32 Å². The summed E-state index contributed by atoms with van der Waals surface area (Å²) in [4.78, 5) is 48.2. The second-order valence-electron chi connectivity index (χ2n) is 7.50. The number of nitro groups is 1. The van der Waals surface area contributed by atoms with Crippen molar-refractivity contribution in [3.8, 4) is 0 Å². The summed E-state index contributed by atoms with van der Waals surface area (Å²) in [6, 6.07) is -3.87. The van der Waals surface area contributed by atoms with E-state index in [4.69, 9.17) is 22.6 Å². The van der Waals surface area contributed by atoms with E-state index in [1.165, 1.54) is 4.90 Å². The molecular weight excluding hydrogens is 412 g/mol. The van der Waals surface area contributed by atoms with Crippen molar-refractivity contribution in [2.75, 3.05) is 13.1 Å². The van der Waals surface area contributed by atoms with E-state index in [0.717, 1.165) is 0 Å². The molecule has 1 aliphatic heterocycles. The molecule has 0 aromatic rings. The van der Waals surface area contributed by atoms with Crippen molar-refractivity contribution in [1.82, 2.24) is 15.6 Å². The number of nitrogens with two attached hydrogens (primary N) is 3. The molecule has 176 valence electrons. The molecule has 1 saturated heterocycles. The molecule has 1 heterocycles. The maximum Gasteiger partial charge on any atom is 0.326 e. The van der Waals surface area contributed by atoms with Crippen LogP contribution in [0.4, 0.5) is 0 Å². The monoisotopic (exact) mass is 444 g/mol. The second kappa shape index (κ2) is 12.6. The number of carboxylic acids is 1. The summed E-state index contributed by atoms with van der Waals surface area (Å²) >= 11 is 0. The first-order valence-electron chi connectivity index (χ1n) is 10.1. The SMILES string of the molecule is N=C(N)NCCC[C@H](N[N+](=O)[O-])C(=O)C(N)CCC[C@H](N)C(=O)N1CCC[C@H]1C(=O)O. The van der Waals surface area contributed by atoms with Crippen molar-refractivity contribution in [2.24, 2.45) is 17.2 Å². The van der Waals surface area contributed by atoms with E-state index in [1.807, 2.05) is 5.43 Å². The fraction of sp³-hybridized carbons (Fsp3) is 0.765. The number of hydrogen-bond acceptors (Lipinski definition) is 8. The highest BCUT2D eigenvalue weighted by molar-refractivity contribution is 5.89. The van der Waals surface area contributed by atoms with Crippen LogP contribution < -0.4 is 27.9 Å². The summed E-state index contributed by atoms with van der Waals surface area (Å²) in [5, 5.41) is 28.8. The zero-order valence-corrected chi connectivity index (χ0v) is 17.3. The molecule has 1 rings (SSSR count). The summed E-state index contributed by atoms with van der Waals surface area (Å²) in [5.74, 6) is -2.29. The van der Waals surface area contributed by atoms with Crippen LogP contribution in [0.25, 0.3) is 0 Å². The summed E-state index contributed by atoms with van der Waals surface area (Å²) in [5.41, 5.74) is 18.9.